The molecule has 0 aromatic heterocycles. The van der Waals surface area contributed by atoms with Crippen molar-refractivity contribution >= 4 is 22.4 Å². The Labute approximate surface area is 93.4 Å². The highest BCUT2D eigenvalue weighted by Gasteiger charge is 2.04. The average Bonchev–Trinajstić information content (AvgIpc) is 2.27. The van der Waals surface area contributed by atoms with Crippen LogP contribution in [0.2, 0.25) is 5.02 Å². The molecule has 0 fully saturated rings. The van der Waals surface area contributed by atoms with Gasteiger partial charge in [0, 0.05) is 10.4 Å². The summed E-state index contributed by atoms with van der Waals surface area (Å²) in [5.74, 6) is 1.57. The zero-order valence-electron chi connectivity index (χ0n) is 8.58. The quantitative estimate of drug-likeness (QED) is 0.774. The predicted molar refractivity (Wildman–Crippen MR) is 62.1 cm³/mol. The maximum Gasteiger partial charge on any atom is 0.128 e. The van der Waals surface area contributed by atoms with Gasteiger partial charge in [-0.1, -0.05) is 17.7 Å². The molecule has 0 saturated heterocycles. The van der Waals surface area contributed by atoms with Gasteiger partial charge in [0.05, 0.1) is 14.2 Å². The maximum absolute atomic E-state index is 5.97. The van der Waals surface area contributed by atoms with Crippen molar-refractivity contribution in [1.29, 1.82) is 0 Å². The minimum absolute atomic E-state index is 0.671. The van der Waals surface area contributed by atoms with Crippen molar-refractivity contribution in [3.63, 3.8) is 0 Å². The molecule has 2 aromatic carbocycles. The molecule has 0 aliphatic heterocycles. The fraction of sp³-hybridized carbons (Fsp3) is 0.167. The summed E-state index contributed by atoms with van der Waals surface area (Å²) in [6.45, 7) is 0. The standard InChI is InChI=1S/C12H11ClO2/c1-14-10-4-3-8-5-9(13)6-12(15-2)11(8)7-10/h3-7H,1-2H3. The fourth-order valence-electron chi connectivity index (χ4n) is 1.56. The summed E-state index contributed by atoms with van der Waals surface area (Å²) in [5.41, 5.74) is 0. The normalized spacial score (nSPS) is 10.3. The van der Waals surface area contributed by atoms with Gasteiger partial charge in [-0.05, 0) is 29.7 Å². The molecule has 0 radical (unpaired) electrons. The van der Waals surface area contributed by atoms with Gasteiger partial charge in [0.15, 0.2) is 0 Å². The molecule has 15 heavy (non-hydrogen) atoms. The van der Waals surface area contributed by atoms with E-state index in [0.717, 1.165) is 22.3 Å². The van der Waals surface area contributed by atoms with Crippen molar-refractivity contribution in [3.8, 4) is 11.5 Å². The van der Waals surface area contributed by atoms with Gasteiger partial charge in [-0.2, -0.15) is 0 Å². The Morgan fingerprint density at radius 1 is 1.00 bits per heavy atom. The monoisotopic (exact) mass is 222 g/mol. The van der Waals surface area contributed by atoms with Gasteiger partial charge in [0.2, 0.25) is 0 Å². The first-order chi connectivity index (χ1) is 7.24. The third-order valence-corrected chi connectivity index (χ3v) is 2.53. The van der Waals surface area contributed by atoms with E-state index in [1.807, 2.05) is 24.3 Å². The highest BCUT2D eigenvalue weighted by Crippen LogP contribution is 2.32. The summed E-state index contributed by atoms with van der Waals surface area (Å²) in [4.78, 5) is 0. The first kappa shape index (κ1) is 10.1. The Bertz CT molecular complexity index is 494. The molecule has 0 amide bonds. The number of methoxy groups -OCH3 is 2. The molecule has 0 N–H and O–H groups in total. The van der Waals surface area contributed by atoms with Gasteiger partial charge < -0.3 is 9.47 Å². The Hall–Kier alpha value is -1.41. The predicted octanol–water partition coefficient (Wildman–Crippen LogP) is 3.51. The molecule has 0 aliphatic rings. The van der Waals surface area contributed by atoms with E-state index in [1.54, 1.807) is 20.3 Å². The first-order valence-electron chi connectivity index (χ1n) is 4.56. The van der Waals surface area contributed by atoms with E-state index in [-0.39, 0.29) is 0 Å². The molecule has 0 saturated carbocycles. The number of halogens is 1. The van der Waals surface area contributed by atoms with Crippen molar-refractivity contribution in [1.82, 2.24) is 0 Å². The van der Waals surface area contributed by atoms with Gasteiger partial charge in [-0.25, -0.2) is 0 Å². The number of ether oxygens (including phenoxy) is 2. The van der Waals surface area contributed by atoms with Crippen LogP contribution >= 0.6 is 11.6 Å². The molecule has 0 spiro atoms. The van der Waals surface area contributed by atoms with Crippen molar-refractivity contribution in [2.45, 2.75) is 0 Å². The smallest absolute Gasteiger partial charge is 0.128 e. The molecular formula is C12H11ClO2. The first-order valence-corrected chi connectivity index (χ1v) is 4.93. The van der Waals surface area contributed by atoms with Crippen LogP contribution in [0.25, 0.3) is 10.8 Å². The largest absolute Gasteiger partial charge is 0.497 e. The maximum atomic E-state index is 5.97. The lowest BCUT2D eigenvalue weighted by molar-refractivity contribution is 0.412. The van der Waals surface area contributed by atoms with Crippen LogP contribution in [-0.2, 0) is 0 Å². The SMILES string of the molecule is COc1ccc2cc(Cl)cc(OC)c2c1. The summed E-state index contributed by atoms with van der Waals surface area (Å²) >= 11 is 5.97. The third-order valence-electron chi connectivity index (χ3n) is 2.31. The van der Waals surface area contributed by atoms with Crippen LogP contribution in [0.15, 0.2) is 30.3 Å². The molecule has 0 atom stereocenters. The number of fused-ring (bicyclic) bond motifs is 1. The van der Waals surface area contributed by atoms with Crippen molar-refractivity contribution in [2.24, 2.45) is 0 Å². The molecule has 2 aromatic rings. The Kier molecular flexibility index (Phi) is 2.69. The van der Waals surface area contributed by atoms with Gasteiger partial charge in [-0.3, -0.25) is 0 Å². The second kappa shape index (κ2) is 3.99. The van der Waals surface area contributed by atoms with Gasteiger partial charge in [0.1, 0.15) is 11.5 Å². The van der Waals surface area contributed by atoms with Crippen molar-refractivity contribution in [2.75, 3.05) is 14.2 Å². The van der Waals surface area contributed by atoms with E-state index in [4.69, 9.17) is 21.1 Å². The summed E-state index contributed by atoms with van der Waals surface area (Å²) in [5, 5.41) is 2.71. The van der Waals surface area contributed by atoms with Crippen LogP contribution in [0.1, 0.15) is 0 Å². The summed E-state index contributed by atoms with van der Waals surface area (Å²) in [6, 6.07) is 9.49. The average molecular weight is 223 g/mol. The second-order valence-electron chi connectivity index (χ2n) is 3.20. The van der Waals surface area contributed by atoms with Crippen LogP contribution in [0.4, 0.5) is 0 Å². The third kappa shape index (κ3) is 1.85. The van der Waals surface area contributed by atoms with Gasteiger partial charge in [0.25, 0.3) is 0 Å². The van der Waals surface area contributed by atoms with E-state index in [0.29, 0.717) is 5.02 Å². The number of rotatable bonds is 2. The molecular weight excluding hydrogens is 212 g/mol. The highest BCUT2D eigenvalue weighted by molar-refractivity contribution is 6.31. The van der Waals surface area contributed by atoms with E-state index >= 15 is 0 Å². The molecule has 2 nitrogen and oxygen atoms in total. The number of hydrogen-bond donors (Lipinski definition) is 0. The second-order valence-corrected chi connectivity index (χ2v) is 3.63. The Morgan fingerprint density at radius 3 is 2.47 bits per heavy atom. The lowest BCUT2D eigenvalue weighted by Crippen LogP contribution is -1.87. The number of benzene rings is 2. The zero-order chi connectivity index (χ0) is 10.8. The van der Waals surface area contributed by atoms with Crippen LogP contribution < -0.4 is 9.47 Å². The summed E-state index contributed by atoms with van der Waals surface area (Å²) in [7, 11) is 3.27. The van der Waals surface area contributed by atoms with Gasteiger partial charge in [-0.15, -0.1) is 0 Å². The minimum Gasteiger partial charge on any atom is -0.497 e. The van der Waals surface area contributed by atoms with Gasteiger partial charge >= 0.3 is 0 Å². The van der Waals surface area contributed by atoms with Crippen LogP contribution in [0.5, 0.6) is 11.5 Å². The zero-order valence-corrected chi connectivity index (χ0v) is 9.34. The Balaban J connectivity index is 2.73. The molecule has 3 heteroatoms. The lowest BCUT2D eigenvalue weighted by Gasteiger charge is -2.08. The molecule has 2 rings (SSSR count). The molecule has 0 heterocycles. The van der Waals surface area contributed by atoms with E-state index in [1.165, 1.54) is 0 Å². The molecule has 78 valence electrons. The minimum atomic E-state index is 0.671. The van der Waals surface area contributed by atoms with Crippen LogP contribution in [0.3, 0.4) is 0 Å². The van der Waals surface area contributed by atoms with E-state index in [9.17, 15) is 0 Å². The van der Waals surface area contributed by atoms with E-state index in [2.05, 4.69) is 0 Å². The highest BCUT2D eigenvalue weighted by atomic mass is 35.5. The fourth-order valence-corrected chi connectivity index (χ4v) is 1.78. The van der Waals surface area contributed by atoms with Crippen molar-refractivity contribution in [3.05, 3.63) is 35.4 Å². The lowest BCUT2D eigenvalue weighted by atomic mass is 10.1. The van der Waals surface area contributed by atoms with E-state index < -0.39 is 0 Å². The number of hydrogen-bond acceptors (Lipinski definition) is 2. The topological polar surface area (TPSA) is 18.5 Å². The summed E-state index contributed by atoms with van der Waals surface area (Å²) < 4.78 is 10.4. The summed E-state index contributed by atoms with van der Waals surface area (Å²) in [6.07, 6.45) is 0. The van der Waals surface area contributed by atoms with Crippen molar-refractivity contribution < 1.29 is 9.47 Å². The molecule has 0 aliphatic carbocycles. The Morgan fingerprint density at radius 2 is 1.80 bits per heavy atom. The van der Waals surface area contributed by atoms with Crippen LogP contribution in [0, 0.1) is 0 Å². The van der Waals surface area contributed by atoms with Crippen LogP contribution in [-0.4, -0.2) is 14.2 Å². The molecule has 0 bridgehead atoms. The molecule has 0 unspecified atom stereocenters.